The van der Waals surface area contributed by atoms with Crippen molar-refractivity contribution < 1.29 is 14.3 Å². The van der Waals surface area contributed by atoms with Crippen LogP contribution in [-0.4, -0.2) is 24.3 Å². The number of hydrogen-bond acceptors (Lipinski definition) is 3. The third kappa shape index (κ3) is 4.00. The van der Waals surface area contributed by atoms with Crippen molar-refractivity contribution >= 4 is 5.97 Å². The number of fused-ring (bicyclic) bond motifs is 1. The summed E-state index contributed by atoms with van der Waals surface area (Å²) >= 11 is 0. The summed E-state index contributed by atoms with van der Waals surface area (Å²) in [5.41, 5.74) is 0. The molecule has 0 aromatic rings. The van der Waals surface area contributed by atoms with Gasteiger partial charge in [0.1, 0.15) is 12.2 Å². The van der Waals surface area contributed by atoms with Crippen molar-refractivity contribution in [2.75, 3.05) is 0 Å². The van der Waals surface area contributed by atoms with E-state index in [1.165, 1.54) is 6.92 Å². The van der Waals surface area contributed by atoms with E-state index in [-0.39, 0.29) is 24.3 Å². The smallest absolute Gasteiger partial charge is 0.302 e. The first-order chi connectivity index (χ1) is 8.27. The molecule has 1 aliphatic carbocycles. The van der Waals surface area contributed by atoms with Gasteiger partial charge in [-0.25, -0.2) is 0 Å². The molecule has 0 aromatic heterocycles. The Morgan fingerprint density at radius 2 is 1.88 bits per heavy atom. The topological polar surface area (TPSA) is 38.8 Å². The summed E-state index contributed by atoms with van der Waals surface area (Å²) in [4.78, 5) is 11.0. The van der Waals surface area contributed by atoms with Crippen LogP contribution in [0.25, 0.3) is 0 Å². The number of ether oxygens (including phenoxy) is 2. The zero-order valence-electron chi connectivity index (χ0n) is 10.3. The highest BCUT2D eigenvalue weighted by Gasteiger charge is 2.45. The number of carbonyl (C=O) groups excluding carboxylic acids is 1. The molecule has 2 rings (SSSR count). The largest absolute Gasteiger partial charge is 0.460 e. The summed E-state index contributed by atoms with van der Waals surface area (Å²) in [6.07, 6.45) is 14.0. The first-order valence-corrected chi connectivity index (χ1v) is 6.40. The van der Waals surface area contributed by atoms with Gasteiger partial charge in [0, 0.05) is 6.92 Å². The van der Waals surface area contributed by atoms with Crippen LogP contribution in [0.5, 0.6) is 0 Å². The van der Waals surface area contributed by atoms with Crippen LogP contribution in [0.4, 0.5) is 0 Å². The van der Waals surface area contributed by atoms with E-state index in [1.54, 1.807) is 0 Å². The average Bonchev–Trinajstić information content (AvgIpc) is 3.02. The highest BCUT2D eigenvalue weighted by molar-refractivity contribution is 5.66. The van der Waals surface area contributed by atoms with E-state index < -0.39 is 0 Å². The molecule has 0 bridgehead atoms. The lowest BCUT2D eigenvalue weighted by Gasteiger charge is -2.14. The molecule has 2 aliphatic rings. The van der Waals surface area contributed by atoms with Gasteiger partial charge in [-0.1, -0.05) is 24.3 Å². The van der Waals surface area contributed by atoms with Gasteiger partial charge in [0.05, 0.1) is 6.10 Å². The maximum absolute atomic E-state index is 11.0. The van der Waals surface area contributed by atoms with Gasteiger partial charge in [0.2, 0.25) is 0 Å². The third-order valence-electron chi connectivity index (χ3n) is 3.13. The van der Waals surface area contributed by atoms with Crippen molar-refractivity contribution in [3.05, 3.63) is 24.3 Å². The van der Waals surface area contributed by atoms with E-state index >= 15 is 0 Å². The molecule has 1 saturated heterocycles. The molecule has 1 fully saturated rings. The van der Waals surface area contributed by atoms with Crippen LogP contribution < -0.4 is 0 Å². The van der Waals surface area contributed by atoms with E-state index in [9.17, 15) is 4.79 Å². The molecule has 3 nitrogen and oxygen atoms in total. The first-order valence-electron chi connectivity index (χ1n) is 6.40. The molecule has 0 saturated carbocycles. The van der Waals surface area contributed by atoms with E-state index in [4.69, 9.17) is 9.47 Å². The van der Waals surface area contributed by atoms with Crippen LogP contribution in [0.3, 0.4) is 0 Å². The van der Waals surface area contributed by atoms with E-state index in [0.717, 1.165) is 32.1 Å². The van der Waals surface area contributed by atoms with Crippen LogP contribution in [0.15, 0.2) is 24.3 Å². The number of rotatable bonds is 1. The molecule has 3 unspecified atom stereocenters. The SMILES string of the molecule is CC(=O)OC1CC/C=C\CC/C=C\CC2OC12. The van der Waals surface area contributed by atoms with Crippen molar-refractivity contribution in [2.45, 2.75) is 57.3 Å². The van der Waals surface area contributed by atoms with Crippen LogP contribution in [0.1, 0.15) is 39.0 Å². The maximum Gasteiger partial charge on any atom is 0.302 e. The lowest BCUT2D eigenvalue weighted by molar-refractivity contribution is -0.147. The fourth-order valence-electron chi connectivity index (χ4n) is 2.21. The van der Waals surface area contributed by atoms with Crippen LogP contribution in [-0.2, 0) is 14.3 Å². The molecule has 94 valence electrons. The van der Waals surface area contributed by atoms with Crippen molar-refractivity contribution in [1.82, 2.24) is 0 Å². The molecule has 3 atom stereocenters. The van der Waals surface area contributed by atoms with Crippen molar-refractivity contribution in [1.29, 1.82) is 0 Å². The molecule has 0 aromatic carbocycles. The molecule has 0 amide bonds. The Morgan fingerprint density at radius 1 is 1.18 bits per heavy atom. The Morgan fingerprint density at radius 3 is 2.65 bits per heavy atom. The lowest BCUT2D eigenvalue weighted by Crippen LogP contribution is -2.23. The summed E-state index contributed by atoms with van der Waals surface area (Å²) in [6, 6.07) is 0. The monoisotopic (exact) mass is 236 g/mol. The zero-order valence-corrected chi connectivity index (χ0v) is 10.3. The van der Waals surface area contributed by atoms with Gasteiger partial charge in [0.25, 0.3) is 0 Å². The Hall–Kier alpha value is -1.09. The molecule has 1 heterocycles. The standard InChI is InChI=1S/C14H20O3/c1-11(15)16-12-9-7-5-3-2-4-6-8-10-13-14(12)17-13/h3,5-6,8,12-14H,2,4,7,9-10H2,1H3/b5-3-,8-6-. The Kier molecular flexibility index (Phi) is 4.37. The van der Waals surface area contributed by atoms with Gasteiger partial charge < -0.3 is 9.47 Å². The second kappa shape index (κ2) is 6.01. The summed E-state index contributed by atoms with van der Waals surface area (Å²) < 4.78 is 10.9. The summed E-state index contributed by atoms with van der Waals surface area (Å²) in [5, 5.41) is 0. The minimum Gasteiger partial charge on any atom is -0.460 e. The predicted octanol–water partition coefficient (Wildman–Crippen LogP) is 2.76. The molecular weight excluding hydrogens is 216 g/mol. The average molecular weight is 236 g/mol. The van der Waals surface area contributed by atoms with E-state index in [2.05, 4.69) is 24.3 Å². The third-order valence-corrected chi connectivity index (χ3v) is 3.13. The molecule has 0 N–H and O–H groups in total. The first kappa shape index (κ1) is 12.4. The number of esters is 1. The van der Waals surface area contributed by atoms with Gasteiger partial charge in [0.15, 0.2) is 0 Å². The van der Waals surface area contributed by atoms with Crippen LogP contribution in [0, 0.1) is 0 Å². The Bertz CT molecular complexity index is 319. The molecule has 1 aliphatic heterocycles. The van der Waals surface area contributed by atoms with Crippen molar-refractivity contribution in [3.63, 3.8) is 0 Å². The van der Waals surface area contributed by atoms with Gasteiger partial charge >= 0.3 is 5.97 Å². The number of epoxide rings is 1. The summed E-state index contributed by atoms with van der Waals surface area (Å²) in [7, 11) is 0. The minimum atomic E-state index is -0.212. The second-order valence-corrected chi connectivity index (χ2v) is 4.62. The molecule has 0 radical (unpaired) electrons. The van der Waals surface area contributed by atoms with Crippen LogP contribution in [0.2, 0.25) is 0 Å². The van der Waals surface area contributed by atoms with Gasteiger partial charge in [-0.3, -0.25) is 4.79 Å². The molecule has 0 spiro atoms. The summed E-state index contributed by atoms with van der Waals surface area (Å²) in [6.45, 7) is 1.46. The van der Waals surface area contributed by atoms with E-state index in [0.29, 0.717) is 0 Å². The summed E-state index contributed by atoms with van der Waals surface area (Å²) in [5.74, 6) is -0.212. The quantitative estimate of drug-likeness (QED) is 0.399. The Labute approximate surface area is 102 Å². The molecule has 3 heteroatoms. The lowest BCUT2D eigenvalue weighted by atomic mass is 10.1. The second-order valence-electron chi connectivity index (χ2n) is 4.62. The molecular formula is C14H20O3. The highest BCUT2D eigenvalue weighted by atomic mass is 16.6. The van der Waals surface area contributed by atoms with Gasteiger partial charge in [-0.15, -0.1) is 0 Å². The normalized spacial score (nSPS) is 36.9. The Balaban J connectivity index is 1.93. The molecule has 17 heavy (non-hydrogen) atoms. The fraction of sp³-hybridized carbons (Fsp3) is 0.643. The zero-order chi connectivity index (χ0) is 12.1. The van der Waals surface area contributed by atoms with Crippen LogP contribution >= 0.6 is 0 Å². The highest BCUT2D eigenvalue weighted by Crippen LogP contribution is 2.32. The van der Waals surface area contributed by atoms with Gasteiger partial charge in [-0.2, -0.15) is 0 Å². The van der Waals surface area contributed by atoms with Crippen molar-refractivity contribution in [2.24, 2.45) is 0 Å². The van der Waals surface area contributed by atoms with Crippen molar-refractivity contribution in [3.8, 4) is 0 Å². The minimum absolute atomic E-state index is 0.0741. The number of hydrogen-bond donors (Lipinski definition) is 0. The predicted molar refractivity (Wildman–Crippen MR) is 65.6 cm³/mol. The fourth-order valence-corrected chi connectivity index (χ4v) is 2.21. The number of carbonyl (C=O) groups is 1. The van der Waals surface area contributed by atoms with Gasteiger partial charge in [-0.05, 0) is 32.1 Å². The maximum atomic E-state index is 11.0. The number of allylic oxidation sites excluding steroid dienone is 3. The van der Waals surface area contributed by atoms with E-state index in [1.807, 2.05) is 0 Å².